The van der Waals surface area contributed by atoms with Crippen LogP contribution in [-0.2, 0) is 11.2 Å². The van der Waals surface area contributed by atoms with Crippen molar-refractivity contribution >= 4 is 22.9 Å². The van der Waals surface area contributed by atoms with Crippen molar-refractivity contribution in [3.63, 3.8) is 0 Å². The van der Waals surface area contributed by atoms with E-state index in [-0.39, 0.29) is 24.5 Å². The van der Waals surface area contributed by atoms with Crippen molar-refractivity contribution < 1.29 is 9.90 Å². The first kappa shape index (κ1) is 18.4. The molecule has 1 fully saturated rings. The molecule has 1 aliphatic heterocycles. The number of carbonyl (C=O) groups excluding carboxylic acids is 1. The number of hydrogen-bond donors (Lipinski definition) is 3. The molecule has 1 aromatic carbocycles. The summed E-state index contributed by atoms with van der Waals surface area (Å²) in [5.41, 5.74) is 2.51. The van der Waals surface area contributed by atoms with Gasteiger partial charge in [0.05, 0.1) is 24.9 Å². The molecule has 0 bridgehead atoms. The molecule has 8 nitrogen and oxygen atoms in total. The zero-order valence-corrected chi connectivity index (χ0v) is 15.6. The Labute approximate surface area is 163 Å². The lowest BCUT2D eigenvalue weighted by Crippen LogP contribution is -2.47. The Hall–Kier alpha value is -3.00. The van der Waals surface area contributed by atoms with Crippen molar-refractivity contribution in [2.45, 2.75) is 25.3 Å². The quantitative estimate of drug-likeness (QED) is 0.595. The number of piperidine rings is 1. The molecule has 0 radical (unpaired) electrons. The van der Waals surface area contributed by atoms with Crippen LogP contribution in [0.5, 0.6) is 0 Å². The normalized spacial score (nSPS) is 18.2. The third-order valence-corrected chi connectivity index (χ3v) is 5.19. The average Bonchev–Trinajstić information content (AvgIpc) is 3.23. The van der Waals surface area contributed by atoms with Crippen molar-refractivity contribution in [2.24, 2.45) is 5.92 Å². The Morgan fingerprint density at radius 2 is 2.14 bits per heavy atom. The van der Waals surface area contributed by atoms with Gasteiger partial charge in [0, 0.05) is 13.1 Å². The topological polar surface area (TPSA) is 107 Å². The Morgan fingerprint density at radius 3 is 2.96 bits per heavy atom. The van der Waals surface area contributed by atoms with Gasteiger partial charge < -0.3 is 20.3 Å². The first-order valence-corrected chi connectivity index (χ1v) is 9.59. The van der Waals surface area contributed by atoms with Gasteiger partial charge in [-0.1, -0.05) is 30.3 Å². The number of hydrogen-bond acceptors (Lipinski definition) is 6. The minimum atomic E-state index is -0.288. The highest BCUT2D eigenvalue weighted by Crippen LogP contribution is 2.25. The molecule has 0 unspecified atom stereocenters. The Bertz CT molecular complexity index is 929. The summed E-state index contributed by atoms with van der Waals surface area (Å²) in [6.07, 6.45) is 5.44. The van der Waals surface area contributed by atoms with E-state index in [9.17, 15) is 9.90 Å². The molecule has 146 valence electrons. The van der Waals surface area contributed by atoms with Gasteiger partial charge in [0.25, 0.3) is 0 Å². The zero-order chi connectivity index (χ0) is 19.3. The fourth-order valence-corrected chi connectivity index (χ4v) is 3.75. The molecule has 0 spiro atoms. The van der Waals surface area contributed by atoms with E-state index in [0.29, 0.717) is 18.6 Å². The molecule has 4 rings (SSSR count). The second kappa shape index (κ2) is 8.35. The molecule has 1 amide bonds. The van der Waals surface area contributed by atoms with Crippen LogP contribution in [0.1, 0.15) is 18.4 Å². The summed E-state index contributed by atoms with van der Waals surface area (Å²) < 4.78 is 0. The standard InChI is InChI=1S/C20H24N6O2/c27-11-16(9-14-5-2-1-3-6-14)25-20(28)15-7-4-8-26(10-15)19-17-18(22-12-21-17)23-13-24-19/h1-3,5-6,12-13,15-16,27H,4,7-11H2,(H,25,28)(H,21,22,23,24)/t15-,16+/m1/s1. The highest BCUT2D eigenvalue weighted by Gasteiger charge is 2.29. The largest absolute Gasteiger partial charge is 0.394 e. The average molecular weight is 380 g/mol. The fourth-order valence-electron chi connectivity index (χ4n) is 3.75. The number of aliphatic hydroxyl groups is 1. The number of aliphatic hydroxyl groups excluding tert-OH is 1. The zero-order valence-electron chi connectivity index (χ0n) is 15.6. The molecule has 3 heterocycles. The maximum absolute atomic E-state index is 12.8. The molecule has 2 atom stereocenters. The number of H-pyrrole nitrogens is 1. The van der Waals surface area contributed by atoms with Gasteiger partial charge in [0.15, 0.2) is 11.5 Å². The second-order valence-corrected chi connectivity index (χ2v) is 7.16. The van der Waals surface area contributed by atoms with E-state index >= 15 is 0 Å². The van der Waals surface area contributed by atoms with Gasteiger partial charge in [-0.15, -0.1) is 0 Å². The SMILES string of the molecule is O=C(N[C@H](CO)Cc1ccccc1)[C@@H]1CCCN(c2ncnc3nc[nH]c23)C1. The van der Waals surface area contributed by atoms with Gasteiger partial charge in [-0.2, -0.15) is 0 Å². The summed E-state index contributed by atoms with van der Waals surface area (Å²) in [4.78, 5) is 30.8. The van der Waals surface area contributed by atoms with Crippen LogP contribution in [0.4, 0.5) is 5.82 Å². The third kappa shape index (κ3) is 3.96. The minimum absolute atomic E-state index is 0.0189. The maximum atomic E-state index is 12.8. The summed E-state index contributed by atoms with van der Waals surface area (Å²) in [6, 6.07) is 9.59. The second-order valence-electron chi connectivity index (χ2n) is 7.16. The van der Waals surface area contributed by atoms with Gasteiger partial charge >= 0.3 is 0 Å². The Morgan fingerprint density at radius 1 is 1.29 bits per heavy atom. The summed E-state index contributed by atoms with van der Waals surface area (Å²) in [6.45, 7) is 1.33. The van der Waals surface area contributed by atoms with Crippen LogP contribution in [0.3, 0.4) is 0 Å². The van der Waals surface area contributed by atoms with Crippen LogP contribution < -0.4 is 10.2 Å². The molecule has 1 saturated heterocycles. The Balaban J connectivity index is 1.42. The number of carbonyl (C=O) groups is 1. The van der Waals surface area contributed by atoms with Gasteiger partial charge in [-0.25, -0.2) is 15.0 Å². The van der Waals surface area contributed by atoms with E-state index < -0.39 is 0 Å². The van der Waals surface area contributed by atoms with Crippen molar-refractivity contribution in [1.29, 1.82) is 0 Å². The number of aromatic nitrogens is 4. The number of anilines is 1. The van der Waals surface area contributed by atoms with Crippen LogP contribution in [-0.4, -0.2) is 56.7 Å². The van der Waals surface area contributed by atoms with Crippen molar-refractivity contribution in [3.05, 3.63) is 48.5 Å². The Kier molecular flexibility index (Phi) is 5.48. The van der Waals surface area contributed by atoms with Crippen molar-refractivity contribution in [3.8, 4) is 0 Å². The van der Waals surface area contributed by atoms with Gasteiger partial charge in [0.1, 0.15) is 11.8 Å². The number of amides is 1. The molecule has 0 aliphatic carbocycles. The lowest BCUT2D eigenvalue weighted by Gasteiger charge is -2.33. The molecular formula is C20H24N6O2. The number of aromatic amines is 1. The van der Waals surface area contributed by atoms with Crippen molar-refractivity contribution in [1.82, 2.24) is 25.3 Å². The van der Waals surface area contributed by atoms with E-state index in [1.165, 1.54) is 6.33 Å². The van der Waals surface area contributed by atoms with Gasteiger partial charge in [0.2, 0.25) is 5.91 Å². The van der Waals surface area contributed by atoms with E-state index in [0.717, 1.165) is 36.3 Å². The summed E-state index contributed by atoms with van der Waals surface area (Å²) in [7, 11) is 0. The van der Waals surface area contributed by atoms with E-state index in [2.05, 4.69) is 30.2 Å². The first-order valence-electron chi connectivity index (χ1n) is 9.59. The fraction of sp³-hybridized carbons (Fsp3) is 0.400. The smallest absolute Gasteiger partial charge is 0.225 e. The van der Waals surface area contributed by atoms with Crippen LogP contribution in [0, 0.1) is 5.92 Å². The number of nitrogens with one attached hydrogen (secondary N) is 2. The van der Waals surface area contributed by atoms with Crippen molar-refractivity contribution in [2.75, 3.05) is 24.6 Å². The monoisotopic (exact) mass is 380 g/mol. The van der Waals surface area contributed by atoms with Crippen LogP contribution >= 0.6 is 0 Å². The summed E-state index contributed by atoms with van der Waals surface area (Å²) >= 11 is 0. The molecule has 1 aliphatic rings. The molecule has 0 saturated carbocycles. The molecular weight excluding hydrogens is 356 g/mol. The number of nitrogens with zero attached hydrogens (tertiary/aromatic N) is 4. The number of imidazole rings is 1. The first-order chi connectivity index (χ1) is 13.7. The lowest BCUT2D eigenvalue weighted by molar-refractivity contribution is -0.126. The van der Waals surface area contributed by atoms with Crippen LogP contribution in [0.25, 0.3) is 11.2 Å². The van der Waals surface area contributed by atoms with E-state index in [1.54, 1.807) is 6.33 Å². The van der Waals surface area contributed by atoms with E-state index in [1.807, 2.05) is 30.3 Å². The highest BCUT2D eigenvalue weighted by molar-refractivity contribution is 5.84. The van der Waals surface area contributed by atoms with Crippen LogP contribution in [0.2, 0.25) is 0 Å². The molecule has 3 aromatic rings. The van der Waals surface area contributed by atoms with E-state index in [4.69, 9.17) is 0 Å². The maximum Gasteiger partial charge on any atom is 0.225 e. The molecule has 28 heavy (non-hydrogen) atoms. The predicted molar refractivity (Wildman–Crippen MR) is 106 cm³/mol. The van der Waals surface area contributed by atoms with Crippen LogP contribution in [0.15, 0.2) is 43.0 Å². The summed E-state index contributed by atoms with van der Waals surface area (Å²) in [5.74, 6) is 0.615. The molecule has 2 aromatic heterocycles. The minimum Gasteiger partial charge on any atom is -0.394 e. The third-order valence-electron chi connectivity index (χ3n) is 5.19. The number of fused-ring (bicyclic) bond motifs is 1. The van der Waals surface area contributed by atoms with Gasteiger partial charge in [-0.05, 0) is 24.8 Å². The van der Waals surface area contributed by atoms with Gasteiger partial charge in [-0.3, -0.25) is 4.79 Å². The lowest BCUT2D eigenvalue weighted by atomic mass is 9.96. The predicted octanol–water partition coefficient (Wildman–Crippen LogP) is 1.29. The number of rotatable bonds is 6. The molecule has 3 N–H and O–H groups in total. The molecule has 8 heteroatoms. The highest BCUT2D eigenvalue weighted by atomic mass is 16.3. The number of benzene rings is 1. The summed E-state index contributed by atoms with van der Waals surface area (Å²) in [5, 5.41) is 12.7.